The van der Waals surface area contributed by atoms with Crippen LogP contribution in [0.4, 0.5) is 13.2 Å². The summed E-state index contributed by atoms with van der Waals surface area (Å²) in [5.41, 5.74) is 0. The SMILES string of the molecule is COC(=O)[C@H](C)CC(=O)C(F)(F)F. The van der Waals surface area contributed by atoms with E-state index >= 15 is 0 Å². The van der Waals surface area contributed by atoms with Gasteiger partial charge in [0, 0.05) is 6.42 Å². The molecule has 0 saturated heterocycles. The first-order valence-electron chi connectivity index (χ1n) is 3.47. The summed E-state index contributed by atoms with van der Waals surface area (Å²) in [5.74, 6) is -3.79. The lowest BCUT2D eigenvalue weighted by atomic mass is 10.1. The highest BCUT2D eigenvalue weighted by atomic mass is 19.4. The molecule has 0 aliphatic heterocycles. The lowest BCUT2D eigenvalue weighted by molar-refractivity contribution is -0.173. The molecule has 6 heteroatoms. The largest absolute Gasteiger partial charge is 0.469 e. The Morgan fingerprint density at radius 2 is 1.85 bits per heavy atom. The van der Waals surface area contributed by atoms with Gasteiger partial charge in [-0.2, -0.15) is 13.2 Å². The number of esters is 1. The molecule has 0 aromatic heterocycles. The number of rotatable bonds is 3. The third-order valence-electron chi connectivity index (χ3n) is 1.41. The van der Waals surface area contributed by atoms with Crippen LogP contribution < -0.4 is 0 Å². The van der Waals surface area contributed by atoms with Crippen LogP contribution in [0.15, 0.2) is 0 Å². The number of carbonyl (C=O) groups is 2. The van der Waals surface area contributed by atoms with E-state index in [2.05, 4.69) is 4.74 Å². The van der Waals surface area contributed by atoms with Gasteiger partial charge in [-0.25, -0.2) is 0 Å². The normalized spacial score (nSPS) is 13.6. The highest BCUT2D eigenvalue weighted by Gasteiger charge is 2.39. The summed E-state index contributed by atoms with van der Waals surface area (Å²) in [7, 11) is 1.05. The Morgan fingerprint density at radius 1 is 1.38 bits per heavy atom. The van der Waals surface area contributed by atoms with Crippen molar-refractivity contribution in [1.29, 1.82) is 0 Å². The average molecular weight is 198 g/mol. The molecular formula is C7H9F3O3. The number of Topliss-reactive ketones (excluding diaryl/α,β-unsaturated/α-hetero) is 1. The van der Waals surface area contributed by atoms with Crippen LogP contribution in [0.3, 0.4) is 0 Å². The Labute approximate surface area is 72.9 Å². The summed E-state index contributed by atoms with van der Waals surface area (Å²) in [6.07, 6.45) is -5.74. The van der Waals surface area contributed by atoms with E-state index in [0.29, 0.717) is 0 Å². The van der Waals surface area contributed by atoms with Crippen molar-refractivity contribution in [3.63, 3.8) is 0 Å². The Balaban J connectivity index is 4.15. The zero-order valence-electron chi connectivity index (χ0n) is 7.14. The minimum Gasteiger partial charge on any atom is -0.469 e. The van der Waals surface area contributed by atoms with Crippen LogP contribution in [0, 0.1) is 5.92 Å². The summed E-state index contributed by atoms with van der Waals surface area (Å²) >= 11 is 0. The first-order valence-corrected chi connectivity index (χ1v) is 3.47. The molecule has 0 aliphatic carbocycles. The van der Waals surface area contributed by atoms with Gasteiger partial charge in [-0.05, 0) is 0 Å². The van der Waals surface area contributed by atoms with Gasteiger partial charge in [0.05, 0.1) is 13.0 Å². The van der Waals surface area contributed by atoms with E-state index in [1.165, 1.54) is 6.92 Å². The van der Waals surface area contributed by atoms with Gasteiger partial charge < -0.3 is 4.74 Å². The topological polar surface area (TPSA) is 43.4 Å². The van der Waals surface area contributed by atoms with E-state index < -0.39 is 30.3 Å². The fourth-order valence-electron chi connectivity index (χ4n) is 0.678. The molecule has 1 atom stereocenters. The molecule has 0 spiro atoms. The van der Waals surface area contributed by atoms with Crippen molar-refractivity contribution >= 4 is 11.8 Å². The van der Waals surface area contributed by atoms with E-state index in [1.54, 1.807) is 0 Å². The summed E-state index contributed by atoms with van der Waals surface area (Å²) in [4.78, 5) is 21.0. The second-order valence-corrected chi connectivity index (χ2v) is 2.55. The standard InChI is InChI=1S/C7H9F3O3/c1-4(6(12)13-2)3-5(11)7(8,9)10/h4H,3H2,1-2H3/t4-/m1/s1. The van der Waals surface area contributed by atoms with E-state index in [1.807, 2.05) is 0 Å². The van der Waals surface area contributed by atoms with Crippen LogP contribution in [-0.4, -0.2) is 25.0 Å². The van der Waals surface area contributed by atoms with Gasteiger partial charge in [0.15, 0.2) is 0 Å². The van der Waals surface area contributed by atoms with Crippen LogP contribution >= 0.6 is 0 Å². The monoisotopic (exact) mass is 198 g/mol. The third-order valence-corrected chi connectivity index (χ3v) is 1.41. The Kier molecular flexibility index (Phi) is 3.90. The van der Waals surface area contributed by atoms with Crippen molar-refractivity contribution in [2.75, 3.05) is 7.11 Å². The molecule has 0 rings (SSSR count). The maximum Gasteiger partial charge on any atom is 0.449 e. The quantitative estimate of drug-likeness (QED) is 0.642. The Bertz CT molecular complexity index is 210. The molecule has 3 nitrogen and oxygen atoms in total. The molecule has 0 saturated carbocycles. The Morgan fingerprint density at radius 3 is 2.15 bits per heavy atom. The van der Waals surface area contributed by atoms with E-state index in [-0.39, 0.29) is 0 Å². The molecule has 0 amide bonds. The maximum absolute atomic E-state index is 11.7. The number of ether oxygens (including phenoxy) is 1. The van der Waals surface area contributed by atoms with Crippen LogP contribution in [-0.2, 0) is 14.3 Å². The van der Waals surface area contributed by atoms with Crippen LogP contribution in [0.2, 0.25) is 0 Å². The highest BCUT2D eigenvalue weighted by Crippen LogP contribution is 2.20. The lowest BCUT2D eigenvalue weighted by Crippen LogP contribution is -2.27. The van der Waals surface area contributed by atoms with Gasteiger partial charge in [-0.1, -0.05) is 6.92 Å². The van der Waals surface area contributed by atoms with E-state index in [9.17, 15) is 22.8 Å². The van der Waals surface area contributed by atoms with Crippen molar-refractivity contribution < 1.29 is 27.5 Å². The molecule has 0 radical (unpaired) electrons. The fourth-order valence-corrected chi connectivity index (χ4v) is 0.678. The summed E-state index contributed by atoms with van der Waals surface area (Å²) in [6.45, 7) is 1.20. The fraction of sp³-hybridized carbons (Fsp3) is 0.714. The van der Waals surface area contributed by atoms with Gasteiger partial charge in [-0.15, -0.1) is 0 Å². The number of ketones is 1. The number of halogens is 3. The Hall–Kier alpha value is -1.07. The van der Waals surface area contributed by atoms with Gasteiger partial charge in [-0.3, -0.25) is 9.59 Å². The van der Waals surface area contributed by atoms with E-state index in [0.717, 1.165) is 7.11 Å². The zero-order chi connectivity index (χ0) is 10.6. The van der Waals surface area contributed by atoms with Crippen molar-refractivity contribution in [2.45, 2.75) is 19.5 Å². The molecule has 0 bridgehead atoms. The third kappa shape index (κ3) is 3.91. The second kappa shape index (κ2) is 4.25. The van der Waals surface area contributed by atoms with Crippen molar-refractivity contribution in [2.24, 2.45) is 5.92 Å². The van der Waals surface area contributed by atoms with Gasteiger partial charge in [0.25, 0.3) is 0 Å². The number of hydrogen-bond donors (Lipinski definition) is 0. The second-order valence-electron chi connectivity index (χ2n) is 2.55. The molecule has 0 fully saturated rings. The number of methoxy groups -OCH3 is 1. The molecule has 0 aliphatic rings. The number of hydrogen-bond acceptors (Lipinski definition) is 3. The molecular weight excluding hydrogens is 189 g/mol. The molecule has 0 N–H and O–H groups in total. The van der Waals surface area contributed by atoms with Crippen molar-refractivity contribution in [3.05, 3.63) is 0 Å². The van der Waals surface area contributed by atoms with Gasteiger partial charge in [0.1, 0.15) is 0 Å². The predicted octanol–water partition coefficient (Wildman–Crippen LogP) is 1.32. The summed E-state index contributed by atoms with van der Waals surface area (Å²) in [6, 6.07) is 0. The maximum atomic E-state index is 11.7. The molecule has 76 valence electrons. The van der Waals surface area contributed by atoms with E-state index in [4.69, 9.17) is 0 Å². The highest BCUT2D eigenvalue weighted by molar-refractivity contribution is 5.88. The number of carbonyl (C=O) groups excluding carboxylic acids is 2. The van der Waals surface area contributed by atoms with Gasteiger partial charge >= 0.3 is 12.1 Å². The minimum absolute atomic E-state index is 0.822. The van der Waals surface area contributed by atoms with Crippen LogP contribution in [0.5, 0.6) is 0 Å². The first-order chi connectivity index (χ1) is 5.79. The average Bonchev–Trinajstić information content (AvgIpc) is 2.01. The molecule has 0 unspecified atom stereocenters. The minimum atomic E-state index is -4.87. The summed E-state index contributed by atoms with van der Waals surface area (Å²) < 4.78 is 39.2. The number of alkyl halides is 3. The molecule has 0 aromatic carbocycles. The molecule has 0 aromatic rings. The lowest BCUT2D eigenvalue weighted by Gasteiger charge is -2.09. The van der Waals surface area contributed by atoms with Gasteiger partial charge in [0.2, 0.25) is 5.78 Å². The summed E-state index contributed by atoms with van der Waals surface area (Å²) in [5, 5.41) is 0. The smallest absolute Gasteiger partial charge is 0.449 e. The van der Waals surface area contributed by atoms with Crippen LogP contribution in [0.25, 0.3) is 0 Å². The van der Waals surface area contributed by atoms with Crippen molar-refractivity contribution in [1.82, 2.24) is 0 Å². The zero-order valence-corrected chi connectivity index (χ0v) is 7.14. The molecule has 13 heavy (non-hydrogen) atoms. The van der Waals surface area contributed by atoms with Crippen LogP contribution in [0.1, 0.15) is 13.3 Å². The molecule has 0 heterocycles. The predicted molar refractivity (Wildman–Crippen MR) is 36.9 cm³/mol. The van der Waals surface area contributed by atoms with Crippen molar-refractivity contribution in [3.8, 4) is 0 Å². The first kappa shape index (κ1) is 11.9.